The summed E-state index contributed by atoms with van der Waals surface area (Å²) in [5.41, 5.74) is 2.63. The van der Waals surface area contributed by atoms with Crippen LogP contribution < -0.4 is 14.5 Å². The van der Waals surface area contributed by atoms with E-state index in [4.69, 9.17) is 9.47 Å². The lowest BCUT2D eigenvalue weighted by Crippen LogP contribution is -2.42. The number of nitrogens with one attached hydrogen (secondary N) is 1. The fourth-order valence-corrected chi connectivity index (χ4v) is 5.17. The Kier molecular flexibility index (Phi) is 9.23. The summed E-state index contributed by atoms with van der Waals surface area (Å²) in [6, 6.07) is 19.4. The molecule has 204 valence electrons. The number of hydrazone groups is 1. The number of amides is 2. The molecule has 3 aromatic rings. The first-order chi connectivity index (χ1) is 18.8. The molecule has 0 bridgehead atoms. The lowest BCUT2D eigenvalue weighted by Gasteiger charge is -2.26. The van der Waals surface area contributed by atoms with Crippen LogP contribution in [-0.2, 0) is 24.3 Å². The van der Waals surface area contributed by atoms with Crippen molar-refractivity contribution in [1.29, 1.82) is 0 Å². The predicted molar refractivity (Wildman–Crippen MR) is 142 cm³/mol. The van der Waals surface area contributed by atoms with Gasteiger partial charge < -0.3 is 14.4 Å². The summed E-state index contributed by atoms with van der Waals surface area (Å²) in [7, 11) is -4.24. The van der Waals surface area contributed by atoms with E-state index in [9.17, 15) is 22.4 Å². The van der Waals surface area contributed by atoms with Gasteiger partial charge in [-0.15, -0.1) is 0 Å². The number of carbonyl (C=O) groups excluding carboxylic acids is 2. The maximum atomic E-state index is 14.5. The molecule has 1 heterocycles. The lowest BCUT2D eigenvalue weighted by atomic mass is 10.2. The maximum absolute atomic E-state index is 14.5. The molecule has 39 heavy (non-hydrogen) atoms. The number of hydrogen-bond donors (Lipinski definition) is 1. The molecule has 1 N–H and O–H groups in total. The molecule has 10 nitrogen and oxygen atoms in total. The Labute approximate surface area is 225 Å². The Morgan fingerprint density at radius 1 is 1.00 bits per heavy atom. The quantitative estimate of drug-likeness (QED) is 0.304. The summed E-state index contributed by atoms with van der Waals surface area (Å²) in [5.74, 6) is -1.19. The van der Waals surface area contributed by atoms with Crippen LogP contribution in [-0.4, -0.2) is 70.8 Å². The van der Waals surface area contributed by atoms with Crippen LogP contribution in [0.3, 0.4) is 0 Å². The molecule has 0 unspecified atom stereocenters. The summed E-state index contributed by atoms with van der Waals surface area (Å²) in [6.07, 6.45) is 1.36. The van der Waals surface area contributed by atoms with E-state index in [0.717, 1.165) is 6.07 Å². The van der Waals surface area contributed by atoms with Crippen LogP contribution >= 0.6 is 0 Å². The molecule has 1 fully saturated rings. The number of benzene rings is 3. The highest BCUT2D eigenvalue weighted by Gasteiger charge is 2.29. The smallest absolute Gasteiger partial charge is 0.264 e. The van der Waals surface area contributed by atoms with Crippen LogP contribution in [0.4, 0.5) is 10.1 Å². The molecule has 2 amide bonds. The number of sulfonamides is 1. The van der Waals surface area contributed by atoms with E-state index in [1.165, 1.54) is 48.7 Å². The fourth-order valence-electron chi connectivity index (χ4n) is 3.72. The molecular weight excluding hydrogens is 527 g/mol. The normalized spacial score (nSPS) is 13.7. The van der Waals surface area contributed by atoms with Crippen molar-refractivity contribution in [3.63, 3.8) is 0 Å². The van der Waals surface area contributed by atoms with E-state index in [-0.39, 0.29) is 23.1 Å². The Bertz CT molecular complexity index is 1410. The molecule has 0 radical (unpaired) electrons. The Balaban J connectivity index is 1.36. The van der Waals surface area contributed by atoms with E-state index >= 15 is 0 Å². The van der Waals surface area contributed by atoms with Gasteiger partial charge in [-0.25, -0.2) is 18.2 Å². The highest BCUT2D eigenvalue weighted by atomic mass is 32.2. The summed E-state index contributed by atoms with van der Waals surface area (Å²) >= 11 is 0. The van der Waals surface area contributed by atoms with Crippen LogP contribution in [0, 0.1) is 5.82 Å². The summed E-state index contributed by atoms with van der Waals surface area (Å²) in [4.78, 5) is 26.4. The standard InChI is InChI=1S/C27H27FN4O6S/c28-24-8-4-5-9-25(24)32(39(35,36)23-6-2-1-3-7-23)19-26(33)30-29-18-21-10-12-22(13-11-21)38-20-27(34)31-14-16-37-17-15-31/h1-13,18H,14-17,19-20H2,(H,30,33)/b29-18-. The lowest BCUT2D eigenvalue weighted by molar-refractivity contribution is -0.137. The van der Waals surface area contributed by atoms with Crippen LogP contribution in [0.5, 0.6) is 5.75 Å². The topological polar surface area (TPSA) is 118 Å². The van der Waals surface area contributed by atoms with Gasteiger partial charge in [0, 0.05) is 13.1 Å². The number of ether oxygens (including phenoxy) is 2. The summed E-state index contributed by atoms with van der Waals surface area (Å²) in [6.45, 7) is 1.33. The monoisotopic (exact) mass is 554 g/mol. The van der Waals surface area contributed by atoms with Gasteiger partial charge in [-0.2, -0.15) is 5.10 Å². The molecular formula is C27H27FN4O6S. The van der Waals surface area contributed by atoms with Gasteiger partial charge in [0.05, 0.1) is 30.0 Å². The maximum Gasteiger partial charge on any atom is 0.264 e. The Morgan fingerprint density at radius 3 is 2.36 bits per heavy atom. The van der Waals surface area contributed by atoms with E-state index < -0.39 is 28.3 Å². The van der Waals surface area contributed by atoms with Crippen LogP contribution in [0.1, 0.15) is 5.56 Å². The van der Waals surface area contributed by atoms with Crippen molar-refractivity contribution in [2.75, 3.05) is 43.8 Å². The second-order valence-corrected chi connectivity index (χ2v) is 10.3. The first-order valence-corrected chi connectivity index (χ1v) is 13.5. The predicted octanol–water partition coefficient (Wildman–Crippen LogP) is 2.41. The second-order valence-electron chi connectivity index (χ2n) is 8.42. The van der Waals surface area contributed by atoms with E-state index in [1.54, 1.807) is 35.2 Å². The molecule has 0 aliphatic carbocycles. The minimum atomic E-state index is -4.24. The van der Waals surface area contributed by atoms with Gasteiger partial charge in [-0.05, 0) is 54.1 Å². The zero-order valence-electron chi connectivity index (χ0n) is 20.9. The first kappa shape index (κ1) is 27.7. The molecule has 12 heteroatoms. The number of hydrogen-bond acceptors (Lipinski definition) is 7. The number of halogens is 1. The molecule has 1 aliphatic rings. The minimum absolute atomic E-state index is 0.0847. The highest BCUT2D eigenvalue weighted by Crippen LogP contribution is 2.26. The average molecular weight is 555 g/mol. The second kappa shape index (κ2) is 13.0. The van der Waals surface area contributed by atoms with Crippen molar-refractivity contribution in [2.24, 2.45) is 5.10 Å². The van der Waals surface area contributed by atoms with Gasteiger partial charge in [0.1, 0.15) is 18.1 Å². The number of rotatable bonds is 10. The zero-order chi connectivity index (χ0) is 27.7. The molecule has 0 spiro atoms. The van der Waals surface area contributed by atoms with Crippen molar-refractivity contribution < 1.29 is 31.9 Å². The van der Waals surface area contributed by atoms with Gasteiger partial charge >= 0.3 is 0 Å². The number of nitrogens with zero attached hydrogens (tertiary/aromatic N) is 3. The SMILES string of the molecule is O=C(CN(c1ccccc1F)S(=O)(=O)c1ccccc1)N/N=C\c1ccc(OCC(=O)N2CCOCC2)cc1. The minimum Gasteiger partial charge on any atom is -0.484 e. The molecule has 1 saturated heterocycles. The third-order valence-corrected chi connectivity index (χ3v) is 7.52. The van der Waals surface area contributed by atoms with Crippen LogP contribution in [0.2, 0.25) is 0 Å². The average Bonchev–Trinajstić information content (AvgIpc) is 2.96. The number of morpholine rings is 1. The van der Waals surface area contributed by atoms with Crippen LogP contribution in [0.25, 0.3) is 0 Å². The largest absolute Gasteiger partial charge is 0.484 e. The third kappa shape index (κ3) is 7.39. The van der Waals surface area contributed by atoms with Crippen molar-refractivity contribution in [3.8, 4) is 5.75 Å². The van der Waals surface area contributed by atoms with Gasteiger partial charge in [0.25, 0.3) is 21.8 Å². The van der Waals surface area contributed by atoms with Gasteiger partial charge in [0.2, 0.25) is 0 Å². The Morgan fingerprint density at radius 2 is 1.67 bits per heavy atom. The molecule has 1 aliphatic heterocycles. The number of para-hydroxylation sites is 1. The molecule has 4 rings (SSSR count). The first-order valence-electron chi connectivity index (χ1n) is 12.1. The zero-order valence-corrected chi connectivity index (χ0v) is 21.7. The molecule has 0 atom stereocenters. The molecule has 0 aromatic heterocycles. The van der Waals surface area contributed by atoms with Crippen LogP contribution in [0.15, 0.2) is 88.9 Å². The third-order valence-electron chi connectivity index (χ3n) is 5.75. The van der Waals surface area contributed by atoms with Crippen molar-refractivity contribution in [2.45, 2.75) is 4.90 Å². The molecule has 3 aromatic carbocycles. The highest BCUT2D eigenvalue weighted by molar-refractivity contribution is 7.92. The summed E-state index contributed by atoms with van der Waals surface area (Å²) < 4.78 is 52.5. The van der Waals surface area contributed by atoms with E-state index in [2.05, 4.69) is 10.5 Å². The van der Waals surface area contributed by atoms with Gasteiger partial charge in [-0.3, -0.25) is 13.9 Å². The Hall–Kier alpha value is -4.29. The van der Waals surface area contributed by atoms with Gasteiger partial charge in [0.15, 0.2) is 6.61 Å². The van der Waals surface area contributed by atoms with Crippen molar-refractivity contribution in [1.82, 2.24) is 10.3 Å². The van der Waals surface area contributed by atoms with E-state index in [0.29, 0.717) is 41.9 Å². The van der Waals surface area contributed by atoms with Crippen molar-refractivity contribution >= 4 is 33.7 Å². The fraction of sp³-hybridized carbons (Fsp3) is 0.222. The van der Waals surface area contributed by atoms with Gasteiger partial charge in [-0.1, -0.05) is 30.3 Å². The number of carbonyl (C=O) groups is 2. The van der Waals surface area contributed by atoms with Crippen molar-refractivity contribution in [3.05, 3.63) is 90.2 Å². The number of anilines is 1. The van der Waals surface area contributed by atoms with E-state index in [1.807, 2.05) is 0 Å². The summed E-state index contributed by atoms with van der Waals surface area (Å²) in [5, 5.41) is 3.88. The molecule has 0 saturated carbocycles.